The molecule has 2 heterocycles. The second-order valence-electron chi connectivity index (χ2n) is 13.0. The van der Waals surface area contributed by atoms with Crippen molar-refractivity contribution in [2.45, 2.75) is 0 Å². The van der Waals surface area contributed by atoms with Crippen LogP contribution in [0.1, 0.15) is 0 Å². The molecule has 0 radical (unpaired) electrons. The maximum atomic E-state index is 6.38. The summed E-state index contributed by atoms with van der Waals surface area (Å²) in [5.74, 6) is 1.76. The Kier molecular flexibility index (Phi) is 6.81. The number of rotatable bonds is 6. The number of anilines is 3. The highest BCUT2D eigenvalue weighted by molar-refractivity contribution is 6.17. The molecule has 9 aromatic rings. The average molecular weight is 653 g/mol. The maximum absolute atomic E-state index is 6.38. The van der Waals surface area contributed by atoms with Crippen LogP contribution in [-0.2, 0) is 0 Å². The Labute approximate surface area is 296 Å². The van der Waals surface area contributed by atoms with Crippen LogP contribution in [0.3, 0.4) is 0 Å². The van der Waals surface area contributed by atoms with Gasteiger partial charge in [0.1, 0.15) is 0 Å². The van der Waals surface area contributed by atoms with Crippen LogP contribution in [0, 0.1) is 0 Å². The molecule has 0 fully saturated rings. The first-order chi connectivity index (χ1) is 25.3. The highest BCUT2D eigenvalue weighted by Crippen LogP contribution is 2.47. The lowest BCUT2D eigenvalue weighted by Gasteiger charge is -2.26. The van der Waals surface area contributed by atoms with Crippen LogP contribution in [0.5, 0.6) is 11.5 Å². The van der Waals surface area contributed by atoms with Crippen molar-refractivity contribution in [2.24, 2.45) is 0 Å². The van der Waals surface area contributed by atoms with Crippen molar-refractivity contribution in [3.8, 4) is 50.6 Å². The standard InChI is InChI=1S/C48H32N2O/c1-3-12-33(13-4-1)36-14-9-15-37(32-36)34-24-28-39(29-25-34)49(38-16-5-2-6-17-38)40-30-26-35(27-31-40)41-18-10-21-44-47(41)42-19-11-23-46-48(42)50(44)43-20-7-8-22-45(43)51-46/h1-32H. The van der Waals surface area contributed by atoms with Gasteiger partial charge in [0, 0.05) is 27.8 Å². The van der Waals surface area contributed by atoms with Gasteiger partial charge in [0.15, 0.2) is 11.5 Å². The van der Waals surface area contributed by atoms with Gasteiger partial charge in [-0.05, 0) is 100 Å². The first kappa shape index (κ1) is 29.1. The maximum Gasteiger partial charge on any atom is 0.152 e. The number of benzene rings is 8. The van der Waals surface area contributed by atoms with Gasteiger partial charge in [0.25, 0.3) is 0 Å². The Hall–Kier alpha value is -6.84. The van der Waals surface area contributed by atoms with E-state index in [0.29, 0.717) is 0 Å². The molecule has 0 amide bonds. The molecule has 0 N–H and O–H groups in total. The summed E-state index contributed by atoms with van der Waals surface area (Å²) in [6.07, 6.45) is 0. The summed E-state index contributed by atoms with van der Waals surface area (Å²) in [5, 5.41) is 2.42. The van der Waals surface area contributed by atoms with Gasteiger partial charge in [-0.1, -0.05) is 127 Å². The molecule has 0 saturated carbocycles. The van der Waals surface area contributed by atoms with Crippen molar-refractivity contribution in [2.75, 3.05) is 4.90 Å². The smallest absolute Gasteiger partial charge is 0.152 e. The second-order valence-corrected chi connectivity index (χ2v) is 13.0. The van der Waals surface area contributed by atoms with Crippen molar-refractivity contribution >= 4 is 38.9 Å². The molecule has 0 atom stereocenters. The number of hydrogen-bond acceptors (Lipinski definition) is 2. The molecule has 1 aliphatic heterocycles. The Morgan fingerprint density at radius 3 is 1.69 bits per heavy atom. The van der Waals surface area contributed by atoms with Crippen LogP contribution in [0.4, 0.5) is 17.1 Å². The minimum absolute atomic E-state index is 0.875. The van der Waals surface area contributed by atoms with E-state index in [0.717, 1.165) is 39.8 Å². The van der Waals surface area contributed by atoms with Gasteiger partial charge in [0.2, 0.25) is 0 Å². The van der Waals surface area contributed by atoms with Crippen molar-refractivity contribution in [3.05, 3.63) is 194 Å². The Morgan fingerprint density at radius 1 is 0.392 bits per heavy atom. The molecule has 1 aliphatic rings. The predicted molar refractivity (Wildman–Crippen MR) is 212 cm³/mol. The fraction of sp³-hybridized carbons (Fsp3) is 0. The van der Waals surface area contributed by atoms with E-state index < -0.39 is 0 Å². The quantitative estimate of drug-likeness (QED) is 0.178. The van der Waals surface area contributed by atoms with Gasteiger partial charge in [-0.15, -0.1) is 0 Å². The average Bonchev–Trinajstić information content (AvgIpc) is 3.55. The van der Waals surface area contributed by atoms with Gasteiger partial charge in [0.05, 0.1) is 16.7 Å². The highest BCUT2D eigenvalue weighted by atomic mass is 16.5. The van der Waals surface area contributed by atoms with Gasteiger partial charge < -0.3 is 14.2 Å². The van der Waals surface area contributed by atoms with E-state index in [-0.39, 0.29) is 0 Å². The third-order valence-electron chi connectivity index (χ3n) is 9.98. The molecule has 3 heteroatoms. The van der Waals surface area contributed by atoms with Crippen molar-refractivity contribution in [1.82, 2.24) is 4.57 Å². The molecular formula is C48H32N2O. The number of fused-ring (bicyclic) bond motifs is 5. The first-order valence-corrected chi connectivity index (χ1v) is 17.4. The highest BCUT2D eigenvalue weighted by Gasteiger charge is 2.25. The van der Waals surface area contributed by atoms with Crippen LogP contribution in [0.25, 0.3) is 60.9 Å². The lowest BCUT2D eigenvalue weighted by Crippen LogP contribution is -2.09. The zero-order chi connectivity index (χ0) is 33.7. The Balaban J connectivity index is 1.04. The van der Waals surface area contributed by atoms with E-state index in [1.165, 1.54) is 49.7 Å². The molecule has 0 bridgehead atoms. The molecule has 240 valence electrons. The van der Waals surface area contributed by atoms with Crippen LogP contribution >= 0.6 is 0 Å². The third-order valence-corrected chi connectivity index (χ3v) is 9.98. The molecule has 51 heavy (non-hydrogen) atoms. The first-order valence-electron chi connectivity index (χ1n) is 17.4. The van der Waals surface area contributed by atoms with Crippen LogP contribution in [0.2, 0.25) is 0 Å². The molecule has 3 nitrogen and oxygen atoms in total. The number of para-hydroxylation sites is 4. The fourth-order valence-corrected chi connectivity index (χ4v) is 7.63. The minimum atomic E-state index is 0.875. The van der Waals surface area contributed by atoms with Gasteiger partial charge in [-0.2, -0.15) is 0 Å². The predicted octanol–water partition coefficient (Wildman–Crippen LogP) is 13.4. The molecule has 1 aromatic heterocycles. The van der Waals surface area contributed by atoms with E-state index in [9.17, 15) is 0 Å². The zero-order valence-corrected chi connectivity index (χ0v) is 27.8. The van der Waals surface area contributed by atoms with Crippen molar-refractivity contribution in [1.29, 1.82) is 0 Å². The molecule has 10 rings (SSSR count). The topological polar surface area (TPSA) is 17.4 Å². The van der Waals surface area contributed by atoms with E-state index in [2.05, 4.69) is 191 Å². The van der Waals surface area contributed by atoms with Crippen LogP contribution in [-0.4, -0.2) is 4.57 Å². The van der Waals surface area contributed by atoms with Crippen molar-refractivity contribution < 1.29 is 4.74 Å². The van der Waals surface area contributed by atoms with E-state index in [1.807, 2.05) is 12.1 Å². The monoisotopic (exact) mass is 652 g/mol. The summed E-state index contributed by atoms with van der Waals surface area (Å²) >= 11 is 0. The van der Waals surface area contributed by atoms with Gasteiger partial charge in [-0.3, -0.25) is 0 Å². The van der Waals surface area contributed by atoms with Gasteiger partial charge >= 0.3 is 0 Å². The number of nitrogens with zero attached hydrogens (tertiary/aromatic N) is 2. The molecule has 0 saturated heterocycles. The van der Waals surface area contributed by atoms with E-state index in [4.69, 9.17) is 4.74 Å². The second kappa shape index (κ2) is 11.9. The third kappa shape index (κ3) is 4.90. The van der Waals surface area contributed by atoms with Crippen LogP contribution in [0.15, 0.2) is 194 Å². The lowest BCUT2D eigenvalue weighted by molar-refractivity contribution is 0.476. The summed E-state index contributed by atoms with van der Waals surface area (Å²) in [4.78, 5) is 2.32. The van der Waals surface area contributed by atoms with Crippen molar-refractivity contribution in [3.63, 3.8) is 0 Å². The van der Waals surface area contributed by atoms with E-state index in [1.54, 1.807) is 0 Å². The Morgan fingerprint density at radius 2 is 0.941 bits per heavy atom. The minimum Gasteiger partial charge on any atom is -0.453 e. The summed E-state index contributed by atoms with van der Waals surface area (Å²) in [6, 6.07) is 69.1. The lowest BCUT2D eigenvalue weighted by atomic mass is 9.98. The fourth-order valence-electron chi connectivity index (χ4n) is 7.63. The molecular weight excluding hydrogens is 621 g/mol. The summed E-state index contributed by atoms with van der Waals surface area (Å²) in [7, 11) is 0. The molecule has 8 aromatic carbocycles. The summed E-state index contributed by atoms with van der Waals surface area (Å²) in [5.41, 5.74) is 13.9. The summed E-state index contributed by atoms with van der Waals surface area (Å²) < 4.78 is 8.74. The number of ether oxygens (including phenoxy) is 1. The van der Waals surface area contributed by atoms with E-state index >= 15 is 0 Å². The van der Waals surface area contributed by atoms with Crippen LogP contribution < -0.4 is 9.64 Å². The summed E-state index contributed by atoms with van der Waals surface area (Å²) in [6.45, 7) is 0. The van der Waals surface area contributed by atoms with Gasteiger partial charge in [-0.25, -0.2) is 0 Å². The zero-order valence-electron chi connectivity index (χ0n) is 27.8. The molecule has 0 aliphatic carbocycles. The molecule has 0 unspecified atom stereocenters. The number of aromatic nitrogens is 1. The number of hydrogen-bond donors (Lipinski definition) is 0. The molecule has 0 spiro atoms. The SMILES string of the molecule is c1ccc(-c2cccc(-c3ccc(N(c4ccccc4)c4ccc(-c5cccc6c5c5cccc7c5n6-c5ccccc5O7)cc4)cc3)c2)cc1. The Bertz CT molecular complexity index is 2690. The normalized spacial score (nSPS) is 11.7. The largest absolute Gasteiger partial charge is 0.453 e.